The summed E-state index contributed by atoms with van der Waals surface area (Å²) in [6.45, 7) is 0. The number of benzene rings is 3. The Bertz CT molecular complexity index is 1230. The van der Waals surface area contributed by atoms with Gasteiger partial charge in [0.25, 0.3) is 16.3 Å². The van der Waals surface area contributed by atoms with Crippen LogP contribution in [0.3, 0.4) is 0 Å². The Balaban J connectivity index is 1.61. The number of rotatable bonds is 7. The first-order valence-corrected chi connectivity index (χ1v) is 11.8. The maximum Gasteiger partial charge on any atom is 0.268 e. The van der Waals surface area contributed by atoms with E-state index in [0.717, 1.165) is 22.7 Å². The molecule has 1 unspecified atom stereocenters. The number of hydrogen-bond donors (Lipinski definition) is 1. The molecular formula is C24H27N3O5S. The summed E-state index contributed by atoms with van der Waals surface area (Å²) in [6.07, 6.45) is -0.677. The lowest BCUT2D eigenvalue weighted by molar-refractivity contribution is 0.0488. The first-order valence-electron chi connectivity index (χ1n) is 10.3. The highest BCUT2D eigenvalue weighted by atomic mass is 32.2. The number of nitrogens with zero attached hydrogens (tertiary/aromatic N) is 2. The van der Waals surface area contributed by atoms with Crippen molar-refractivity contribution in [1.82, 2.24) is 0 Å². The van der Waals surface area contributed by atoms with Crippen molar-refractivity contribution in [1.29, 1.82) is 0 Å². The number of methoxy groups -OCH3 is 1. The second kappa shape index (κ2) is 8.74. The highest BCUT2D eigenvalue weighted by Gasteiger charge is 2.29. The van der Waals surface area contributed by atoms with E-state index in [-0.39, 0.29) is 4.90 Å². The van der Waals surface area contributed by atoms with Crippen molar-refractivity contribution in [3.05, 3.63) is 66.2 Å². The molecule has 1 aliphatic rings. The number of ether oxygens (including phenoxy) is 3. The third-order valence-corrected chi connectivity index (χ3v) is 6.63. The molecule has 0 aliphatic carbocycles. The van der Waals surface area contributed by atoms with Crippen molar-refractivity contribution >= 4 is 27.1 Å². The Morgan fingerprint density at radius 3 is 2.03 bits per heavy atom. The van der Waals surface area contributed by atoms with Crippen molar-refractivity contribution in [2.45, 2.75) is 11.2 Å². The topological polar surface area (TPSA) is 80.3 Å². The van der Waals surface area contributed by atoms with Gasteiger partial charge in [0.05, 0.1) is 29.1 Å². The minimum absolute atomic E-state index is 0.186. The minimum atomic E-state index is -3.71. The van der Waals surface area contributed by atoms with Gasteiger partial charge in [0.15, 0.2) is 17.2 Å². The lowest BCUT2D eigenvalue weighted by Crippen LogP contribution is -2.17. The van der Waals surface area contributed by atoms with Crippen LogP contribution in [0.25, 0.3) is 0 Å². The molecule has 9 heteroatoms. The van der Waals surface area contributed by atoms with Crippen LogP contribution in [0.5, 0.6) is 17.2 Å². The number of sulfonamides is 1. The van der Waals surface area contributed by atoms with Crippen LogP contribution >= 0.6 is 0 Å². The molecule has 0 saturated heterocycles. The Labute approximate surface area is 194 Å². The van der Waals surface area contributed by atoms with Crippen molar-refractivity contribution in [2.75, 3.05) is 49.8 Å². The number of nitrogens with one attached hydrogen (secondary N) is 1. The minimum Gasteiger partial charge on any atom is -0.492 e. The molecule has 8 nitrogen and oxygen atoms in total. The SMILES string of the molecule is COc1c(N(C)C)cc(C2Oc3ccc(NS(=O)(=O)c4ccccc4)cc3O2)cc1N(C)C. The molecule has 3 aromatic rings. The standard InChI is InChI=1S/C24H27N3O5S/c1-26(2)19-13-16(14-20(27(3)4)23(19)30-5)24-31-21-12-11-17(15-22(21)32-24)25-33(28,29)18-9-7-6-8-10-18/h6-15,24-25H,1-5H3. The fourth-order valence-electron chi connectivity index (χ4n) is 3.59. The van der Waals surface area contributed by atoms with Gasteiger partial charge in [0.2, 0.25) is 0 Å². The molecule has 3 aromatic carbocycles. The molecule has 0 spiro atoms. The number of hydrogen-bond acceptors (Lipinski definition) is 7. The maximum atomic E-state index is 12.6. The van der Waals surface area contributed by atoms with E-state index in [4.69, 9.17) is 14.2 Å². The highest BCUT2D eigenvalue weighted by molar-refractivity contribution is 7.92. The van der Waals surface area contributed by atoms with Crippen LogP contribution in [-0.4, -0.2) is 43.7 Å². The quantitative estimate of drug-likeness (QED) is 0.558. The van der Waals surface area contributed by atoms with Crippen LogP contribution in [-0.2, 0) is 10.0 Å². The molecule has 4 rings (SSSR count). The molecule has 0 saturated carbocycles. The van der Waals surface area contributed by atoms with Crippen molar-refractivity contribution in [3.8, 4) is 17.2 Å². The van der Waals surface area contributed by atoms with Gasteiger partial charge in [-0.1, -0.05) is 18.2 Å². The van der Waals surface area contributed by atoms with Crippen LogP contribution in [0.4, 0.5) is 17.1 Å². The Morgan fingerprint density at radius 2 is 1.45 bits per heavy atom. The molecule has 0 fully saturated rings. The molecule has 1 heterocycles. The average molecular weight is 470 g/mol. The van der Waals surface area contributed by atoms with Gasteiger partial charge >= 0.3 is 0 Å². The van der Waals surface area contributed by atoms with Crippen LogP contribution < -0.4 is 28.7 Å². The van der Waals surface area contributed by atoms with Crippen LogP contribution in [0.15, 0.2) is 65.6 Å². The summed E-state index contributed by atoms with van der Waals surface area (Å²) in [4.78, 5) is 4.12. The normalized spacial score (nSPS) is 14.6. The summed E-state index contributed by atoms with van der Waals surface area (Å²) in [5.74, 6) is 1.75. The van der Waals surface area contributed by atoms with E-state index >= 15 is 0 Å². The van der Waals surface area contributed by atoms with Gasteiger partial charge in [-0.3, -0.25) is 4.72 Å². The summed E-state index contributed by atoms with van der Waals surface area (Å²) in [5.41, 5.74) is 2.97. The molecule has 1 atom stereocenters. The van der Waals surface area contributed by atoms with E-state index in [0.29, 0.717) is 17.2 Å². The largest absolute Gasteiger partial charge is 0.492 e. The van der Waals surface area contributed by atoms with E-state index in [1.165, 1.54) is 0 Å². The van der Waals surface area contributed by atoms with Crippen molar-refractivity contribution in [3.63, 3.8) is 0 Å². The molecule has 0 amide bonds. The number of fused-ring (bicyclic) bond motifs is 1. The third kappa shape index (κ3) is 4.49. The van der Waals surface area contributed by atoms with Gasteiger partial charge in [-0.05, 0) is 36.4 Å². The smallest absolute Gasteiger partial charge is 0.268 e. The van der Waals surface area contributed by atoms with Gasteiger partial charge in [-0.15, -0.1) is 0 Å². The molecular weight excluding hydrogens is 442 g/mol. The van der Waals surface area contributed by atoms with Crippen molar-refractivity contribution in [2.24, 2.45) is 0 Å². The summed E-state index contributed by atoms with van der Waals surface area (Å²) in [7, 11) is 5.71. The van der Waals surface area contributed by atoms with Gasteiger partial charge < -0.3 is 24.0 Å². The monoisotopic (exact) mass is 469 g/mol. The highest BCUT2D eigenvalue weighted by Crippen LogP contribution is 2.45. The Morgan fingerprint density at radius 1 is 0.848 bits per heavy atom. The van der Waals surface area contributed by atoms with E-state index in [9.17, 15) is 8.42 Å². The Kier molecular flexibility index (Phi) is 5.99. The van der Waals surface area contributed by atoms with Crippen LogP contribution in [0, 0.1) is 0 Å². The molecule has 0 radical (unpaired) electrons. The maximum absolute atomic E-state index is 12.6. The van der Waals surface area contributed by atoms with E-state index in [1.807, 2.05) is 50.1 Å². The van der Waals surface area contributed by atoms with Crippen molar-refractivity contribution < 1.29 is 22.6 Å². The lowest BCUT2D eigenvalue weighted by atomic mass is 10.1. The summed E-state index contributed by atoms with van der Waals surface area (Å²) >= 11 is 0. The summed E-state index contributed by atoms with van der Waals surface area (Å²) in [6, 6.07) is 17.1. The first-order chi connectivity index (χ1) is 15.7. The lowest BCUT2D eigenvalue weighted by Gasteiger charge is -2.25. The van der Waals surface area contributed by atoms with Crippen LogP contribution in [0.2, 0.25) is 0 Å². The molecule has 33 heavy (non-hydrogen) atoms. The predicted octanol–water partition coefficient (Wildman–Crippen LogP) is 4.10. The third-order valence-electron chi connectivity index (χ3n) is 5.23. The van der Waals surface area contributed by atoms with E-state index in [1.54, 1.807) is 55.6 Å². The second-order valence-electron chi connectivity index (χ2n) is 8.03. The summed E-state index contributed by atoms with van der Waals surface area (Å²) in [5, 5.41) is 0. The second-order valence-corrected chi connectivity index (χ2v) is 9.71. The van der Waals surface area contributed by atoms with Gasteiger partial charge in [-0.25, -0.2) is 8.42 Å². The number of anilines is 3. The predicted molar refractivity (Wildman–Crippen MR) is 129 cm³/mol. The molecule has 0 aromatic heterocycles. The molecule has 1 N–H and O–H groups in total. The molecule has 1 aliphatic heterocycles. The Hall–Kier alpha value is -3.59. The fourth-order valence-corrected chi connectivity index (χ4v) is 4.67. The molecule has 0 bridgehead atoms. The zero-order valence-corrected chi connectivity index (χ0v) is 20.0. The van der Waals surface area contributed by atoms with E-state index < -0.39 is 16.3 Å². The van der Waals surface area contributed by atoms with Crippen LogP contribution in [0.1, 0.15) is 11.9 Å². The zero-order chi connectivity index (χ0) is 23.8. The van der Waals surface area contributed by atoms with Gasteiger partial charge in [-0.2, -0.15) is 0 Å². The van der Waals surface area contributed by atoms with E-state index in [2.05, 4.69) is 4.72 Å². The van der Waals surface area contributed by atoms with Gasteiger partial charge in [0.1, 0.15) is 0 Å². The molecule has 174 valence electrons. The first kappa shape index (κ1) is 22.6. The van der Waals surface area contributed by atoms with Gasteiger partial charge in [0, 0.05) is 39.8 Å². The summed E-state index contributed by atoms with van der Waals surface area (Å²) < 4.78 is 45.6. The fraction of sp³-hybridized carbons (Fsp3) is 0.250. The zero-order valence-electron chi connectivity index (χ0n) is 19.2. The average Bonchev–Trinajstić information content (AvgIpc) is 3.21.